The third-order valence-corrected chi connectivity index (χ3v) is 8.27. The highest BCUT2D eigenvalue weighted by Gasteiger charge is 2.40. The van der Waals surface area contributed by atoms with Gasteiger partial charge >= 0.3 is 12.1 Å². The molecular weight excluding hydrogens is 574 g/mol. The van der Waals surface area contributed by atoms with Crippen LogP contribution in [0.4, 0.5) is 18.9 Å². The summed E-state index contributed by atoms with van der Waals surface area (Å²) in [6, 6.07) is 16.0. The van der Waals surface area contributed by atoms with E-state index in [1.165, 1.54) is 30.5 Å². The molecule has 0 spiro atoms. The van der Waals surface area contributed by atoms with Crippen LogP contribution in [0, 0.1) is 5.21 Å². The van der Waals surface area contributed by atoms with Crippen molar-refractivity contribution in [3.05, 3.63) is 118 Å². The minimum Gasteiger partial charge on any atom is -0.621 e. The fraction of sp³-hybridized carbons (Fsp3) is 0.290. The first-order valence-electron chi connectivity index (χ1n) is 13.3. The average molecular weight is 602 g/mol. The molecule has 0 saturated carbocycles. The van der Waals surface area contributed by atoms with Crippen LogP contribution in [-0.4, -0.2) is 40.3 Å². The average Bonchev–Trinajstić information content (AvgIpc) is 2.97. The Morgan fingerprint density at radius 2 is 1.83 bits per heavy atom. The second-order valence-electron chi connectivity index (χ2n) is 10.4. The summed E-state index contributed by atoms with van der Waals surface area (Å²) in [6.07, 6.45) is 4.13. The number of quaternary nitrogens is 1. The van der Waals surface area contributed by atoms with Gasteiger partial charge in [-0.2, -0.15) is 13.2 Å². The quantitative estimate of drug-likeness (QED) is 0.191. The van der Waals surface area contributed by atoms with Crippen LogP contribution >= 0.6 is 23.2 Å². The number of nitrogens with one attached hydrogen (secondary N) is 1. The monoisotopic (exact) mass is 601 g/mol. The van der Waals surface area contributed by atoms with Crippen molar-refractivity contribution < 1.29 is 23.0 Å². The summed E-state index contributed by atoms with van der Waals surface area (Å²) in [7, 11) is 0. The number of hydrogen-bond donors (Lipinski definition) is 1. The zero-order valence-electron chi connectivity index (χ0n) is 22.0. The summed E-state index contributed by atoms with van der Waals surface area (Å²) in [5.74, 6) is -1.47. The van der Waals surface area contributed by atoms with Gasteiger partial charge in [0.05, 0.1) is 16.0 Å². The van der Waals surface area contributed by atoms with Crippen LogP contribution in [0.2, 0.25) is 5.15 Å². The standard InChI is InChI=1S/C31H28Cl2F3N3O2/c32-27-19-24(11-16-37-27)29(40)39(41)26-8-4-7-25(31(34,35)36)28(26)23-12-17-38(18-13-23)20-30(33)14-9-22(10-15-30)21-5-2-1-3-6-21/h1-11,14,16,19,23,39H,12-13,15,17-18,20H2. The lowest BCUT2D eigenvalue weighted by Gasteiger charge is -2.38. The van der Waals surface area contributed by atoms with Gasteiger partial charge in [0.1, 0.15) is 10.8 Å². The van der Waals surface area contributed by atoms with Crippen molar-refractivity contribution in [2.45, 2.75) is 36.2 Å². The fourth-order valence-corrected chi connectivity index (χ4v) is 6.10. The lowest BCUT2D eigenvalue weighted by molar-refractivity contribution is -0.680. The van der Waals surface area contributed by atoms with Gasteiger partial charge in [-0.3, -0.25) is 5.06 Å². The molecule has 0 radical (unpaired) electrons. The molecule has 3 aromatic rings. The lowest BCUT2D eigenvalue weighted by atomic mass is 9.84. The van der Waals surface area contributed by atoms with Crippen LogP contribution in [0.25, 0.3) is 5.57 Å². The first kappa shape index (κ1) is 29.5. The van der Waals surface area contributed by atoms with Crippen LogP contribution in [0.15, 0.2) is 85.1 Å². The van der Waals surface area contributed by atoms with E-state index in [4.69, 9.17) is 23.2 Å². The number of amides is 1. The van der Waals surface area contributed by atoms with E-state index in [-0.39, 0.29) is 22.0 Å². The molecule has 1 aromatic heterocycles. The number of carbonyl (C=O) groups excluding carboxylic acids is 1. The van der Waals surface area contributed by atoms with Gasteiger partial charge in [0, 0.05) is 24.4 Å². The number of piperidine rings is 1. The second kappa shape index (κ2) is 12.1. The van der Waals surface area contributed by atoms with Crippen molar-refractivity contribution >= 4 is 40.4 Å². The highest BCUT2D eigenvalue weighted by molar-refractivity contribution is 6.29. The molecule has 5 nitrogen and oxygen atoms in total. The molecule has 41 heavy (non-hydrogen) atoms. The normalized spacial score (nSPS) is 21.0. The minimum absolute atomic E-state index is 0.0111. The molecule has 1 saturated heterocycles. The van der Waals surface area contributed by atoms with Gasteiger partial charge < -0.3 is 10.1 Å². The molecule has 2 atom stereocenters. The minimum atomic E-state index is -4.68. The number of hydrogen-bond acceptors (Lipinski definition) is 4. The maximum absolute atomic E-state index is 14.2. The summed E-state index contributed by atoms with van der Waals surface area (Å²) in [6.45, 7) is 1.57. The largest absolute Gasteiger partial charge is 0.621 e. The fourth-order valence-electron chi connectivity index (χ4n) is 5.62. The van der Waals surface area contributed by atoms with E-state index in [1.807, 2.05) is 42.5 Å². The Bertz CT molecular complexity index is 1470. The van der Waals surface area contributed by atoms with Gasteiger partial charge in [-0.15, -0.1) is 11.6 Å². The van der Waals surface area contributed by atoms with Gasteiger partial charge in [0.15, 0.2) is 0 Å². The number of aromatic nitrogens is 1. The summed E-state index contributed by atoms with van der Waals surface area (Å²) in [4.78, 5) is 18.3. The van der Waals surface area contributed by atoms with E-state index in [9.17, 15) is 23.2 Å². The number of pyridine rings is 1. The maximum Gasteiger partial charge on any atom is 0.416 e. The number of benzene rings is 2. The zero-order chi connectivity index (χ0) is 29.2. The number of nitrogens with zero attached hydrogens (tertiary/aromatic N) is 2. The molecule has 214 valence electrons. The van der Waals surface area contributed by atoms with E-state index in [0.29, 0.717) is 38.9 Å². The Morgan fingerprint density at radius 3 is 2.46 bits per heavy atom. The second-order valence-corrected chi connectivity index (χ2v) is 11.6. The van der Waals surface area contributed by atoms with E-state index in [0.717, 1.165) is 17.2 Å². The molecule has 2 aromatic carbocycles. The van der Waals surface area contributed by atoms with Crippen molar-refractivity contribution in [3.8, 4) is 0 Å². The Morgan fingerprint density at radius 1 is 1.10 bits per heavy atom. The molecule has 0 bridgehead atoms. The molecule has 1 amide bonds. The van der Waals surface area contributed by atoms with E-state index in [2.05, 4.69) is 16.0 Å². The highest BCUT2D eigenvalue weighted by atomic mass is 35.5. The zero-order valence-corrected chi connectivity index (χ0v) is 23.5. The molecule has 2 aliphatic rings. The predicted octanol–water partition coefficient (Wildman–Crippen LogP) is 6.81. The Hall–Kier alpha value is -3.01. The molecule has 5 rings (SSSR count). The molecule has 1 N–H and O–H groups in total. The molecule has 2 heterocycles. The Balaban J connectivity index is 1.32. The van der Waals surface area contributed by atoms with E-state index >= 15 is 0 Å². The van der Waals surface area contributed by atoms with Gasteiger partial charge in [-0.25, -0.2) is 9.78 Å². The highest BCUT2D eigenvalue weighted by Crippen LogP contribution is 2.42. The summed E-state index contributed by atoms with van der Waals surface area (Å²) < 4.78 is 42.5. The van der Waals surface area contributed by atoms with E-state index < -0.39 is 33.5 Å². The summed E-state index contributed by atoms with van der Waals surface area (Å²) >= 11 is 12.8. The predicted molar refractivity (Wildman–Crippen MR) is 154 cm³/mol. The van der Waals surface area contributed by atoms with Crippen LogP contribution in [0.5, 0.6) is 0 Å². The topological polar surface area (TPSA) is 60.7 Å². The molecule has 2 unspecified atom stereocenters. The van der Waals surface area contributed by atoms with Crippen molar-refractivity contribution in [1.29, 1.82) is 0 Å². The van der Waals surface area contributed by atoms with Gasteiger partial charge in [-0.1, -0.05) is 66.2 Å². The molecule has 10 heteroatoms. The van der Waals surface area contributed by atoms with Crippen molar-refractivity contribution in [1.82, 2.24) is 9.88 Å². The molecule has 1 aliphatic heterocycles. The number of allylic oxidation sites excluding steroid dienone is 3. The molecule has 1 fully saturated rings. The number of rotatable bonds is 6. The van der Waals surface area contributed by atoms with Gasteiger partial charge in [0.2, 0.25) is 0 Å². The maximum atomic E-state index is 14.2. The number of halogens is 5. The van der Waals surface area contributed by atoms with Crippen molar-refractivity contribution in [3.63, 3.8) is 0 Å². The smallest absolute Gasteiger partial charge is 0.416 e. The Labute approximate surface area is 246 Å². The summed E-state index contributed by atoms with van der Waals surface area (Å²) in [5, 5.41) is 12.3. The number of likely N-dealkylation sites (tertiary alicyclic amines) is 1. The number of hydroxylamine groups is 1. The van der Waals surface area contributed by atoms with Crippen molar-refractivity contribution in [2.24, 2.45) is 0 Å². The lowest BCUT2D eigenvalue weighted by Crippen LogP contribution is -3.05. The molecular formula is C31H28Cl2F3N3O2. The first-order valence-corrected chi connectivity index (χ1v) is 14.1. The number of alkyl halides is 4. The van der Waals surface area contributed by atoms with Gasteiger partial charge in [0.25, 0.3) is 0 Å². The number of carbonyl (C=O) groups is 1. The third kappa shape index (κ3) is 6.74. The summed E-state index contributed by atoms with van der Waals surface area (Å²) in [5.41, 5.74) is 0.966. The van der Waals surface area contributed by atoms with Gasteiger partial charge in [-0.05, 0) is 67.6 Å². The van der Waals surface area contributed by atoms with Crippen LogP contribution < -0.4 is 5.06 Å². The van der Waals surface area contributed by atoms with Crippen molar-refractivity contribution in [2.75, 3.05) is 19.6 Å². The van der Waals surface area contributed by atoms with Crippen LogP contribution in [-0.2, 0) is 6.18 Å². The first-order chi connectivity index (χ1) is 19.5. The third-order valence-electron chi connectivity index (χ3n) is 7.66. The van der Waals surface area contributed by atoms with E-state index in [1.54, 1.807) is 0 Å². The van der Waals surface area contributed by atoms with Crippen LogP contribution in [0.1, 0.15) is 52.2 Å². The SMILES string of the molecule is O=C(c1ccnc(Cl)c1)[NH+]([O-])c1cccc(C(F)(F)F)c1C1CCN(CC2(Cl)C=CC(c3ccccc3)=CC2)CC1. The molecule has 1 aliphatic carbocycles. The van der Waals surface area contributed by atoms with Crippen LogP contribution in [0.3, 0.4) is 0 Å². The Kier molecular flexibility index (Phi) is 8.68.